The van der Waals surface area contributed by atoms with E-state index in [-0.39, 0.29) is 5.91 Å². The summed E-state index contributed by atoms with van der Waals surface area (Å²) >= 11 is 0. The predicted octanol–water partition coefficient (Wildman–Crippen LogP) is 1.95. The minimum atomic E-state index is -0.989. The fourth-order valence-electron chi connectivity index (χ4n) is 1.28. The second kappa shape index (κ2) is 6.43. The first-order valence-electron chi connectivity index (χ1n) is 5.37. The Kier molecular flexibility index (Phi) is 5.19. The van der Waals surface area contributed by atoms with Gasteiger partial charge in [0, 0.05) is 34.1 Å². The molecule has 0 aliphatic rings. The van der Waals surface area contributed by atoms with Crippen molar-refractivity contribution in [1.29, 1.82) is 0 Å². The van der Waals surface area contributed by atoms with E-state index in [9.17, 15) is 9.00 Å². The van der Waals surface area contributed by atoms with Crippen molar-refractivity contribution >= 4 is 16.7 Å². The maximum Gasteiger partial charge on any atom is 0.251 e. The Morgan fingerprint density at radius 2 is 1.94 bits per heavy atom. The van der Waals surface area contributed by atoms with Crippen LogP contribution in [-0.2, 0) is 10.8 Å². The predicted molar refractivity (Wildman–Crippen MR) is 66.0 cm³/mol. The minimum Gasteiger partial charge on any atom is -0.352 e. The molecule has 16 heavy (non-hydrogen) atoms. The smallest absolute Gasteiger partial charge is 0.251 e. The lowest BCUT2D eigenvalue weighted by Gasteiger charge is -2.04. The molecule has 88 valence electrons. The van der Waals surface area contributed by atoms with Gasteiger partial charge in [-0.25, -0.2) is 0 Å². The average molecular weight is 239 g/mol. The zero-order chi connectivity index (χ0) is 12.0. The summed E-state index contributed by atoms with van der Waals surface area (Å²) in [5.41, 5.74) is 0.616. The molecule has 4 heteroatoms. The molecule has 1 amide bonds. The quantitative estimate of drug-likeness (QED) is 0.798. The highest BCUT2D eigenvalue weighted by Crippen LogP contribution is 2.07. The Hall–Kier alpha value is -1.16. The highest BCUT2D eigenvalue weighted by atomic mass is 32.2. The van der Waals surface area contributed by atoms with Crippen LogP contribution in [0.5, 0.6) is 0 Å². The topological polar surface area (TPSA) is 46.2 Å². The van der Waals surface area contributed by atoms with Crippen molar-refractivity contribution in [3.63, 3.8) is 0 Å². The van der Waals surface area contributed by atoms with E-state index in [1.807, 2.05) is 0 Å². The molecule has 0 aliphatic carbocycles. The fraction of sp³-hybridized carbons (Fsp3) is 0.417. The zero-order valence-corrected chi connectivity index (χ0v) is 10.5. The van der Waals surface area contributed by atoms with E-state index in [0.29, 0.717) is 12.1 Å². The maximum absolute atomic E-state index is 11.6. The molecule has 3 nitrogen and oxygen atoms in total. The number of unbranched alkanes of at least 4 members (excludes halogenated alkanes) is 1. The minimum absolute atomic E-state index is 0.0677. The van der Waals surface area contributed by atoms with Crippen LogP contribution >= 0.6 is 0 Å². The first-order chi connectivity index (χ1) is 7.65. The largest absolute Gasteiger partial charge is 0.352 e. The molecule has 0 spiro atoms. The molecule has 0 saturated heterocycles. The lowest BCUT2D eigenvalue weighted by Crippen LogP contribution is -2.24. The van der Waals surface area contributed by atoms with Crippen molar-refractivity contribution < 1.29 is 9.00 Å². The SMILES string of the molecule is CCCCNC(=O)c1ccc(S(C)=O)cc1. The van der Waals surface area contributed by atoms with Crippen molar-refractivity contribution in [1.82, 2.24) is 5.32 Å². The summed E-state index contributed by atoms with van der Waals surface area (Å²) in [5.74, 6) is -0.0677. The molecular formula is C12H17NO2S. The monoisotopic (exact) mass is 239 g/mol. The van der Waals surface area contributed by atoms with Gasteiger partial charge in [-0.15, -0.1) is 0 Å². The van der Waals surface area contributed by atoms with Crippen molar-refractivity contribution in [3.05, 3.63) is 29.8 Å². The molecule has 1 aromatic rings. The van der Waals surface area contributed by atoms with Gasteiger partial charge < -0.3 is 5.32 Å². The van der Waals surface area contributed by atoms with Gasteiger partial charge >= 0.3 is 0 Å². The van der Waals surface area contributed by atoms with Gasteiger partial charge in [-0.1, -0.05) is 13.3 Å². The highest BCUT2D eigenvalue weighted by molar-refractivity contribution is 7.84. The molecule has 1 unspecified atom stereocenters. The third-order valence-electron chi connectivity index (χ3n) is 2.26. The summed E-state index contributed by atoms with van der Waals surface area (Å²) in [6.07, 6.45) is 3.67. The standard InChI is InChI=1S/C12H17NO2S/c1-3-4-9-13-12(14)10-5-7-11(8-6-10)16(2)15/h5-8H,3-4,9H2,1-2H3,(H,13,14). The van der Waals surface area contributed by atoms with E-state index >= 15 is 0 Å². The van der Waals surface area contributed by atoms with E-state index in [1.54, 1.807) is 30.5 Å². The van der Waals surface area contributed by atoms with E-state index in [2.05, 4.69) is 12.2 Å². The van der Waals surface area contributed by atoms with Crippen LogP contribution in [0.25, 0.3) is 0 Å². The Balaban J connectivity index is 2.59. The maximum atomic E-state index is 11.6. The van der Waals surface area contributed by atoms with Gasteiger partial charge in [0.25, 0.3) is 5.91 Å². The molecule has 0 bridgehead atoms. The Labute approximate surface area is 98.7 Å². The van der Waals surface area contributed by atoms with E-state index in [4.69, 9.17) is 0 Å². The molecule has 0 aromatic heterocycles. The average Bonchev–Trinajstić information content (AvgIpc) is 2.29. The molecule has 1 atom stereocenters. The summed E-state index contributed by atoms with van der Waals surface area (Å²) in [7, 11) is -0.989. The third-order valence-corrected chi connectivity index (χ3v) is 3.20. The van der Waals surface area contributed by atoms with Crippen molar-refractivity contribution in [2.75, 3.05) is 12.8 Å². The van der Waals surface area contributed by atoms with Gasteiger partial charge in [-0.2, -0.15) is 0 Å². The van der Waals surface area contributed by atoms with E-state index < -0.39 is 10.8 Å². The number of benzene rings is 1. The number of hydrogen-bond acceptors (Lipinski definition) is 2. The van der Waals surface area contributed by atoms with Crippen molar-refractivity contribution in [2.45, 2.75) is 24.7 Å². The number of carbonyl (C=O) groups excluding carboxylic acids is 1. The molecule has 0 radical (unpaired) electrons. The normalized spacial score (nSPS) is 12.1. The van der Waals surface area contributed by atoms with Gasteiger partial charge in [0.1, 0.15) is 0 Å². The number of rotatable bonds is 5. The number of nitrogens with one attached hydrogen (secondary N) is 1. The van der Waals surface area contributed by atoms with Gasteiger partial charge in [0.05, 0.1) is 0 Å². The summed E-state index contributed by atoms with van der Waals surface area (Å²) in [6.45, 7) is 2.79. The van der Waals surface area contributed by atoms with E-state index in [1.165, 1.54) is 0 Å². The van der Waals surface area contributed by atoms with Crippen LogP contribution in [0.4, 0.5) is 0 Å². The molecule has 0 fully saturated rings. The van der Waals surface area contributed by atoms with E-state index in [0.717, 1.165) is 17.7 Å². The van der Waals surface area contributed by atoms with Crippen LogP contribution in [0.1, 0.15) is 30.1 Å². The Morgan fingerprint density at radius 3 is 2.44 bits per heavy atom. The summed E-state index contributed by atoms with van der Waals surface area (Å²) in [5, 5.41) is 2.83. The summed E-state index contributed by atoms with van der Waals surface area (Å²) in [4.78, 5) is 12.4. The summed E-state index contributed by atoms with van der Waals surface area (Å²) < 4.78 is 11.1. The first-order valence-corrected chi connectivity index (χ1v) is 6.92. The Morgan fingerprint density at radius 1 is 1.31 bits per heavy atom. The number of hydrogen-bond donors (Lipinski definition) is 1. The number of carbonyl (C=O) groups is 1. The summed E-state index contributed by atoms with van der Waals surface area (Å²) in [6, 6.07) is 6.87. The van der Waals surface area contributed by atoms with Gasteiger partial charge in [0.2, 0.25) is 0 Å². The van der Waals surface area contributed by atoms with Crippen LogP contribution < -0.4 is 5.32 Å². The lowest BCUT2D eigenvalue weighted by atomic mass is 10.2. The van der Waals surface area contributed by atoms with Crippen molar-refractivity contribution in [2.24, 2.45) is 0 Å². The van der Waals surface area contributed by atoms with Gasteiger partial charge in [-0.3, -0.25) is 9.00 Å². The van der Waals surface area contributed by atoms with Crippen LogP contribution in [0.2, 0.25) is 0 Å². The molecular weight excluding hydrogens is 222 g/mol. The molecule has 0 saturated carbocycles. The zero-order valence-electron chi connectivity index (χ0n) is 9.66. The second-order valence-electron chi connectivity index (χ2n) is 3.59. The highest BCUT2D eigenvalue weighted by Gasteiger charge is 2.04. The Bertz CT molecular complexity index is 373. The molecule has 1 aromatic carbocycles. The molecule has 1 N–H and O–H groups in total. The first kappa shape index (κ1) is 12.9. The number of amides is 1. The second-order valence-corrected chi connectivity index (χ2v) is 4.97. The fourth-order valence-corrected chi connectivity index (χ4v) is 1.80. The van der Waals surface area contributed by atoms with Crippen molar-refractivity contribution in [3.8, 4) is 0 Å². The van der Waals surface area contributed by atoms with Gasteiger partial charge in [-0.05, 0) is 30.7 Å². The van der Waals surface area contributed by atoms with Crippen LogP contribution in [0.15, 0.2) is 29.2 Å². The van der Waals surface area contributed by atoms with Gasteiger partial charge in [0.15, 0.2) is 0 Å². The van der Waals surface area contributed by atoms with Crippen LogP contribution in [0.3, 0.4) is 0 Å². The molecule has 1 rings (SSSR count). The lowest BCUT2D eigenvalue weighted by molar-refractivity contribution is 0.0953. The third kappa shape index (κ3) is 3.77. The van der Waals surface area contributed by atoms with Crippen LogP contribution in [0, 0.1) is 0 Å². The molecule has 0 aliphatic heterocycles. The van der Waals surface area contributed by atoms with Crippen LogP contribution in [-0.4, -0.2) is 22.9 Å². The molecule has 0 heterocycles.